The predicted molar refractivity (Wildman–Crippen MR) is 85.6 cm³/mol. The van der Waals surface area contributed by atoms with Crippen LogP contribution in [-0.4, -0.2) is 25.1 Å². The lowest BCUT2D eigenvalue weighted by Crippen LogP contribution is -2.26. The normalized spacial score (nSPS) is 13.8. The number of hydrogen-bond acceptors (Lipinski definition) is 5. The van der Waals surface area contributed by atoms with Crippen molar-refractivity contribution < 1.29 is 23.8 Å². The zero-order valence-electron chi connectivity index (χ0n) is 12.9. The number of carbonyl (C=O) groups excluding carboxylic acids is 2. The van der Waals surface area contributed by atoms with Crippen molar-refractivity contribution in [2.24, 2.45) is 5.73 Å². The van der Waals surface area contributed by atoms with Crippen LogP contribution >= 0.6 is 0 Å². The molecule has 3 rings (SSSR count). The maximum Gasteiger partial charge on any atom is 0.311 e. The van der Waals surface area contributed by atoms with Crippen LogP contribution in [0, 0.1) is 0 Å². The van der Waals surface area contributed by atoms with Crippen molar-refractivity contribution in [3.63, 3.8) is 0 Å². The van der Waals surface area contributed by atoms with Crippen molar-refractivity contribution in [1.82, 2.24) is 0 Å². The summed E-state index contributed by atoms with van der Waals surface area (Å²) in [5, 5.41) is 0. The fourth-order valence-electron chi connectivity index (χ4n) is 2.46. The molecule has 2 aromatic carbocycles. The summed E-state index contributed by atoms with van der Waals surface area (Å²) in [4.78, 5) is 23.8. The van der Waals surface area contributed by atoms with E-state index in [-0.39, 0.29) is 6.42 Å². The number of esters is 1. The Bertz CT molecular complexity index is 744. The first-order valence-electron chi connectivity index (χ1n) is 7.56. The maximum atomic E-state index is 12.2. The van der Waals surface area contributed by atoms with Crippen LogP contribution in [0.25, 0.3) is 0 Å². The van der Waals surface area contributed by atoms with Crippen LogP contribution in [0.3, 0.4) is 0 Å². The molecule has 1 amide bonds. The molecule has 0 saturated carbocycles. The zero-order chi connectivity index (χ0) is 16.9. The quantitative estimate of drug-likeness (QED) is 0.846. The number of carbonyl (C=O) groups is 2. The van der Waals surface area contributed by atoms with Crippen molar-refractivity contribution in [1.29, 1.82) is 0 Å². The highest BCUT2D eigenvalue weighted by Gasteiger charge is 2.23. The van der Waals surface area contributed by atoms with Gasteiger partial charge in [0.25, 0.3) is 5.91 Å². The minimum Gasteiger partial charge on any atom is -0.486 e. The summed E-state index contributed by atoms with van der Waals surface area (Å²) in [5.74, 6) is -0.00483. The van der Waals surface area contributed by atoms with E-state index in [9.17, 15) is 9.59 Å². The molecule has 0 aliphatic carbocycles. The van der Waals surface area contributed by atoms with Gasteiger partial charge in [0.15, 0.2) is 11.5 Å². The van der Waals surface area contributed by atoms with E-state index in [0.717, 1.165) is 0 Å². The van der Waals surface area contributed by atoms with Gasteiger partial charge in [-0.3, -0.25) is 9.59 Å². The molecule has 2 N–H and O–H groups in total. The molecule has 1 aliphatic rings. The van der Waals surface area contributed by atoms with E-state index >= 15 is 0 Å². The highest BCUT2D eigenvalue weighted by molar-refractivity contribution is 5.84. The number of primary amides is 1. The van der Waals surface area contributed by atoms with Crippen LogP contribution in [0.15, 0.2) is 48.5 Å². The fourth-order valence-corrected chi connectivity index (χ4v) is 2.46. The maximum absolute atomic E-state index is 12.2. The van der Waals surface area contributed by atoms with Crippen molar-refractivity contribution in [2.75, 3.05) is 13.2 Å². The van der Waals surface area contributed by atoms with Gasteiger partial charge in [-0.25, -0.2) is 0 Å². The Morgan fingerprint density at radius 2 is 1.75 bits per heavy atom. The van der Waals surface area contributed by atoms with Gasteiger partial charge in [0.05, 0.1) is 6.42 Å². The summed E-state index contributed by atoms with van der Waals surface area (Å²) < 4.78 is 16.2. The van der Waals surface area contributed by atoms with E-state index in [1.54, 1.807) is 48.5 Å². The summed E-state index contributed by atoms with van der Waals surface area (Å²) in [6.07, 6.45) is -1.09. The Labute approximate surface area is 139 Å². The molecule has 6 nitrogen and oxygen atoms in total. The van der Waals surface area contributed by atoms with Gasteiger partial charge in [-0.15, -0.1) is 0 Å². The molecule has 0 fully saturated rings. The third-order valence-corrected chi connectivity index (χ3v) is 3.57. The Balaban J connectivity index is 1.69. The summed E-state index contributed by atoms with van der Waals surface area (Å²) in [6.45, 7) is 0.977. The Morgan fingerprint density at radius 3 is 2.46 bits per heavy atom. The van der Waals surface area contributed by atoms with Crippen molar-refractivity contribution in [2.45, 2.75) is 12.5 Å². The second-order valence-corrected chi connectivity index (χ2v) is 5.34. The predicted octanol–water partition coefficient (Wildman–Crippen LogP) is 1.77. The van der Waals surface area contributed by atoms with Crippen LogP contribution in [0.1, 0.15) is 17.2 Å². The van der Waals surface area contributed by atoms with Gasteiger partial charge in [0, 0.05) is 5.56 Å². The van der Waals surface area contributed by atoms with Crippen molar-refractivity contribution >= 4 is 11.9 Å². The zero-order valence-corrected chi connectivity index (χ0v) is 12.9. The minimum absolute atomic E-state index is 0.00720. The van der Waals surface area contributed by atoms with Gasteiger partial charge in [-0.2, -0.15) is 0 Å². The van der Waals surface area contributed by atoms with E-state index < -0.39 is 18.0 Å². The Kier molecular flexibility index (Phi) is 4.65. The molecule has 124 valence electrons. The first-order valence-corrected chi connectivity index (χ1v) is 7.56. The molecule has 6 heteroatoms. The SMILES string of the molecule is NC(=O)[C@@H](OC(=O)Cc1ccc2c(c1)OCCO2)c1ccccc1. The van der Waals surface area contributed by atoms with Crippen molar-refractivity contribution in [3.05, 3.63) is 59.7 Å². The Morgan fingerprint density at radius 1 is 1.04 bits per heavy atom. The second kappa shape index (κ2) is 7.04. The molecule has 0 aromatic heterocycles. The Hall–Kier alpha value is -3.02. The highest BCUT2D eigenvalue weighted by atomic mass is 16.6. The lowest BCUT2D eigenvalue weighted by Gasteiger charge is -2.19. The minimum atomic E-state index is -1.10. The summed E-state index contributed by atoms with van der Waals surface area (Å²) in [5.41, 5.74) is 6.60. The summed E-state index contributed by atoms with van der Waals surface area (Å²) in [7, 11) is 0. The largest absolute Gasteiger partial charge is 0.486 e. The van der Waals surface area contributed by atoms with Gasteiger partial charge in [-0.05, 0) is 17.7 Å². The summed E-state index contributed by atoms with van der Waals surface area (Å²) in [6, 6.07) is 13.9. The van der Waals surface area contributed by atoms with Crippen LogP contribution in [0.5, 0.6) is 11.5 Å². The van der Waals surface area contributed by atoms with Crippen LogP contribution < -0.4 is 15.2 Å². The van der Waals surface area contributed by atoms with E-state index in [1.165, 1.54) is 0 Å². The average molecular weight is 327 g/mol. The summed E-state index contributed by atoms with van der Waals surface area (Å²) >= 11 is 0. The fraction of sp³-hybridized carbons (Fsp3) is 0.222. The van der Waals surface area contributed by atoms with Crippen molar-refractivity contribution in [3.8, 4) is 11.5 Å². The number of rotatable bonds is 5. The lowest BCUT2D eigenvalue weighted by molar-refractivity contribution is -0.154. The third kappa shape index (κ3) is 3.65. The van der Waals surface area contributed by atoms with Gasteiger partial charge < -0.3 is 19.9 Å². The number of fused-ring (bicyclic) bond motifs is 1. The van der Waals surface area contributed by atoms with Crippen LogP contribution in [0.4, 0.5) is 0 Å². The van der Waals surface area contributed by atoms with Gasteiger partial charge >= 0.3 is 5.97 Å². The van der Waals surface area contributed by atoms with E-state index in [0.29, 0.717) is 35.8 Å². The van der Waals surface area contributed by atoms with Gasteiger partial charge in [0.2, 0.25) is 6.10 Å². The standard InChI is InChI=1S/C18H17NO5/c19-18(21)17(13-4-2-1-3-5-13)24-16(20)11-12-6-7-14-15(10-12)23-9-8-22-14/h1-7,10,17H,8-9,11H2,(H2,19,21)/t17-/m0/s1. The average Bonchev–Trinajstić information content (AvgIpc) is 2.60. The first kappa shape index (κ1) is 15.9. The monoisotopic (exact) mass is 327 g/mol. The smallest absolute Gasteiger partial charge is 0.311 e. The first-order chi connectivity index (χ1) is 11.6. The second-order valence-electron chi connectivity index (χ2n) is 5.34. The number of benzene rings is 2. The van der Waals surface area contributed by atoms with E-state index in [2.05, 4.69) is 0 Å². The molecule has 1 aliphatic heterocycles. The molecule has 0 unspecified atom stereocenters. The number of hydrogen-bond donors (Lipinski definition) is 1. The molecule has 1 atom stereocenters. The molecule has 0 spiro atoms. The molecule has 0 radical (unpaired) electrons. The van der Waals surface area contributed by atoms with Crippen LogP contribution in [-0.2, 0) is 20.7 Å². The molecular weight excluding hydrogens is 310 g/mol. The molecule has 0 saturated heterocycles. The molecule has 0 bridgehead atoms. The van der Waals surface area contributed by atoms with Gasteiger partial charge in [-0.1, -0.05) is 36.4 Å². The number of amides is 1. The lowest BCUT2D eigenvalue weighted by atomic mass is 10.1. The molecule has 2 aromatic rings. The van der Waals surface area contributed by atoms with Crippen LogP contribution in [0.2, 0.25) is 0 Å². The molecular formula is C18H17NO5. The van der Waals surface area contributed by atoms with E-state index in [4.69, 9.17) is 19.9 Å². The van der Waals surface area contributed by atoms with E-state index in [1.807, 2.05) is 0 Å². The molecule has 1 heterocycles. The highest BCUT2D eigenvalue weighted by Crippen LogP contribution is 2.31. The molecule has 24 heavy (non-hydrogen) atoms. The topological polar surface area (TPSA) is 87.9 Å². The number of ether oxygens (including phenoxy) is 3. The third-order valence-electron chi connectivity index (χ3n) is 3.57. The number of nitrogens with two attached hydrogens (primary N) is 1. The van der Waals surface area contributed by atoms with Gasteiger partial charge in [0.1, 0.15) is 13.2 Å².